The molecule has 1 aromatic rings. The van der Waals surface area contributed by atoms with Gasteiger partial charge in [-0.05, 0) is 44.1 Å². The average molecular weight is 287 g/mol. The molecule has 0 radical (unpaired) electrons. The van der Waals surface area contributed by atoms with Gasteiger partial charge in [-0.15, -0.1) is 0 Å². The molecule has 21 heavy (non-hydrogen) atoms. The molecule has 0 amide bonds. The monoisotopic (exact) mass is 287 g/mol. The molecule has 0 spiro atoms. The van der Waals surface area contributed by atoms with Gasteiger partial charge in [-0.2, -0.15) is 0 Å². The molecule has 0 unspecified atom stereocenters. The Labute approximate surface area is 129 Å². The maximum atomic E-state index is 5.96. The van der Waals surface area contributed by atoms with Crippen molar-refractivity contribution in [2.75, 3.05) is 13.2 Å². The second-order valence-electron chi connectivity index (χ2n) is 6.86. The van der Waals surface area contributed by atoms with Crippen LogP contribution < -0.4 is 5.32 Å². The van der Waals surface area contributed by atoms with Crippen LogP contribution in [0.3, 0.4) is 0 Å². The molecule has 0 heterocycles. The van der Waals surface area contributed by atoms with E-state index >= 15 is 0 Å². The van der Waals surface area contributed by atoms with Gasteiger partial charge in [0.25, 0.3) is 0 Å². The number of rotatable bonds is 6. The summed E-state index contributed by atoms with van der Waals surface area (Å²) < 4.78 is 5.96. The average Bonchev–Trinajstić information content (AvgIpc) is 2.48. The van der Waals surface area contributed by atoms with Crippen molar-refractivity contribution in [2.24, 2.45) is 0 Å². The van der Waals surface area contributed by atoms with Gasteiger partial charge >= 0.3 is 0 Å². The van der Waals surface area contributed by atoms with E-state index in [1.165, 1.54) is 56.1 Å². The van der Waals surface area contributed by atoms with Gasteiger partial charge in [0.05, 0.1) is 12.7 Å². The molecule has 0 aliphatic heterocycles. The largest absolute Gasteiger partial charge is 0.377 e. The van der Waals surface area contributed by atoms with E-state index in [-0.39, 0.29) is 0 Å². The predicted octanol–water partition coefficient (Wildman–Crippen LogP) is 4.18. The van der Waals surface area contributed by atoms with Crippen LogP contribution in [0.4, 0.5) is 0 Å². The Hall–Kier alpha value is -0.860. The Morgan fingerprint density at radius 2 is 1.76 bits per heavy atom. The van der Waals surface area contributed by atoms with Crippen molar-refractivity contribution in [3.63, 3.8) is 0 Å². The molecule has 0 aromatic heterocycles. The third-order valence-electron chi connectivity index (χ3n) is 5.13. The highest BCUT2D eigenvalue weighted by molar-refractivity contribution is 5.26. The van der Waals surface area contributed by atoms with E-state index in [9.17, 15) is 0 Å². The second-order valence-corrected chi connectivity index (χ2v) is 6.86. The van der Waals surface area contributed by atoms with Crippen LogP contribution in [0, 0.1) is 6.92 Å². The molecular weight excluding hydrogens is 258 g/mol. The number of hydrogen-bond donors (Lipinski definition) is 1. The summed E-state index contributed by atoms with van der Waals surface area (Å²) in [6.07, 6.45) is 9.79. The van der Waals surface area contributed by atoms with Crippen LogP contribution in [0.25, 0.3) is 0 Å². The Balaban J connectivity index is 1.28. The molecule has 0 saturated heterocycles. The van der Waals surface area contributed by atoms with Crippen LogP contribution in [0.1, 0.15) is 62.0 Å². The van der Waals surface area contributed by atoms with E-state index in [1.807, 2.05) is 0 Å². The fraction of sp³-hybridized carbons (Fsp3) is 0.684. The standard InChI is InChI=1S/C19H29NO/c1-15-7-9-16(10-8-15)17-13-18(14-17)20-11-12-21-19-5-3-2-4-6-19/h7-10,17-20H,2-6,11-14H2,1H3. The summed E-state index contributed by atoms with van der Waals surface area (Å²) in [7, 11) is 0. The van der Waals surface area contributed by atoms with Crippen molar-refractivity contribution < 1.29 is 4.74 Å². The van der Waals surface area contributed by atoms with Gasteiger partial charge in [-0.1, -0.05) is 49.1 Å². The van der Waals surface area contributed by atoms with E-state index < -0.39 is 0 Å². The Morgan fingerprint density at radius 1 is 1.05 bits per heavy atom. The molecule has 0 atom stereocenters. The molecular formula is C19H29NO. The molecule has 2 saturated carbocycles. The van der Waals surface area contributed by atoms with Crippen LogP contribution in [0.5, 0.6) is 0 Å². The molecule has 2 fully saturated rings. The minimum atomic E-state index is 0.544. The Morgan fingerprint density at radius 3 is 2.48 bits per heavy atom. The zero-order valence-corrected chi connectivity index (χ0v) is 13.3. The summed E-state index contributed by atoms with van der Waals surface area (Å²) in [4.78, 5) is 0. The van der Waals surface area contributed by atoms with Gasteiger partial charge in [0, 0.05) is 12.6 Å². The fourth-order valence-electron chi connectivity index (χ4n) is 3.62. The smallest absolute Gasteiger partial charge is 0.0594 e. The van der Waals surface area contributed by atoms with Gasteiger partial charge < -0.3 is 10.1 Å². The third kappa shape index (κ3) is 4.31. The van der Waals surface area contributed by atoms with Crippen molar-refractivity contribution in [2.45, 2.75) is 69.9 Å². The summed E-state index contributed by atoms with van der Waals surface area (Å²) in [6.45, 7) is 4.05. The lowest BCUT2D eigenvalue weighted by molar-refractivity contribution is 0.0280. The van der Waals surface area contributed by atoms with E-state index in [2.05, 4.69) is 36.5 Å². The number of hydrogen-bond acceptors (Lipinski definition) is 2. The lowest BCUT2D eigenvalue weighted by Gasteiger charge is -2.36. The van der Waals surface area contributed by atoms with Crippen molar-refractivity contribution >= 4 is 0 Å². The fourth-order valence-corrected chi connectivity index (χ4v) is 3.62. The highest BCUT2D eigenvalue weighted by Crippen LogP contribution is 2.36. The number of aryl methyl sites for hydroxylation is 1. The summed E-state index contributed by atoms with van der Waals surface area (Å²) in [5.41, 5.74) is 2.87. The predicted molar refractivity (Wildman–Crippen MR) is 87.8 cm³/mol. The Bertz CT molecular complexity index is 416. The first kappa shape index (κ1) is 15.1. The van der Waals surface area contributed by atoms with Crippen molar-refractivity contribution in [3.8, 4) is 0 Å². The maximum Gasteiger partial charge on any atom is 0.0594 e. The van der Waals surface area contributed by atoms with Gasteiger partial charge in [0.15, 0.2) is 0 Å². The minimum absolute atomic E-state index is 0.544. The molecule has 2 aliphatic carbocycles. The topological polar surface area (TPSA) is 21.3 Å². The van der Waals surface area contributed by atoms with Crippen molar-refractivity contribution in [1.29, 1.82) is 0 Å². The van der Waals surface area contributed by atoms with E-state index in [0.29, 0.717) is 12.1 Å². The normalized spacial score (nSPS) is 26.5. The summed E-state index contributed by atoms with van der Waals surface area (Å²) in [5.74, 6) is 0.766. The van der Waals surface area contributed by atoms with Gasteiger partial charge in [0.2, 0.25) is 0 Å². The molecule has 0 bridgehead atoms. The van der Waals surface area contributed by atoms with Crippen LogP contribution in [-0.4, -0.2) is 25.3 Å². The van der Waals surface area contributed by atoms with Crippen LogP contribution in [0.2, 0.25) is 0 Å². The number of ether oxygens (including phenoxy) is 1. The summed E-state index contributed by atoms with van der Waals surface area (Å²) >= 11 is 0. The highest BCUT2D eigenvalue weighted by atomic mass is 16.5. The van der Waals surface area contributed by atoms with E-state index in [1.54, 1.807) is 0 Å². The van der Waals surface area contributed by atoms with Crippen molar-refractivity contribution in [3.05, 3.63) is 35.4 Å². The van der Waals surface area contributed by atoms with Crippen LogP contribution >= 0.6 is 0 Å². The zero-order valence-electron chi connectivity index (χ0n) is 13.3. The molecule has 1 N–H and O–H groups in total. The zero-order chi connectivity index (χ0) is 14.5. The molecule has 1 aromatic carbocycles. The molecule has 2 heteroatoms. The second kappa shape index (κ2) is 7.42. The maximum absolute atomic E-state index is 5.96. The third-order valence-corrected chi connectivity index (χ3v) is 5.13. The number of benzene rings is 1. The first-order valence-electron chi connectivity index (χ1n) is 8.73. The number of nitrogens with one attached hydrogen (secondary N) is 1. The van der Waals surface area contributed by atoms with Crippen molar-refractivity contribution in [1.82, 2.24) is 5.32 Å². The lowest BCUT2D eigenvalue weighted by Crippen LogP contribution is -2.41. The minimum Gasteiger partial charge on any atom is -0.377 e. The van der Waals surface area contributed by atoms with Crippen LogP contribution in [-0.2, 0) is 4.74 Å². The quantitative estimate of drug-likeness (QED) is 0.793. The Kier molecular flexibility index (Phi) is 5.32. The van der Waals surface area contributed by atoms with Gasteiger partial charge in [-0.3, -0.25) is 0 Å². The van der Waals surface area contributed by atoms with Gasteiger partial charge in [-0.25, -0.2) is 0 Å². The molecule has 2 aliphatic rings. The summed E-state index contributed by atoms with van der Waals surface area (Å²) in [6, 6.07) is 9.75. The van der Waals surface area contributed by atoms with E-state index in [0.717, 1.165) is 19.1 Å². The molecule has 2 nitrogen and oxygen atoms in total. The SMILES string of the molecule is Cc1ccc(C2CC(NCCOC3CCCCC3)C2)cc1. The van der Waals surface area contributed by atoms with Crippen LogP contribution in [0.15, 0.2) is 24.3 Å². The highest BCUT2D eigenvalue weighted by Gasteiger charge is 2.29. The first-order valence-corrected chi connectivity index (χ1v) is 8.73. The lowest BCUT2D eigenvalue weighted by atomic mass is 9.76. The summed E-state index contributed by atoms with van der Waals surface area (Å²) in [5, 5.41) is 3.64. The first-order chi connectivity index (χ1) is 10.3. The van der Waals surface area contributed by atoms with Gasteiger partial charge in [0.1, 0.15) is 0 Å². The van der Waals surface area contributed by atoms with E-state index in [4.69, 9.17) is 4.74 Å². The molecule has 3 rings (SSSR count). The molecule has 116 valence electrons.